The fourth-order valence-corrected chi connectivity index (χ4v) is 7.13. The zero-order valence-electron chi connectivity index (χ0n) is 26.5. The van der Waals surface area contributed by atoms with Gasteiger partial charge in [-0.2, -0.15) is 18.2 Å². The van der Waals surface area contributed by atoms with Gasteiger partial charge in [0.15, 0.2) is 0 Å². The monoisotopic (exact) mass is 659 g/mol. The third-order valence-corrected chi connectivity index (χ3v) is 10.5. The van der Waals surface area contributed by atoms with Crippen molar-refractivity contribution in [2.75, 3.05) is 28.2 Å². The summed E-state index contributed by atoms with van der Waals surface area (Å²) in [7, 11) is -2.08. The van der Waals surface area contributed by atoms with Crippen molar-refractivity contribution < 1.29 is 26.3 Å². The highest BCUT2D eigenvalue weighted by molar-refractivity contribution is 7.92. The molecule has 2 atom stereocenters. The number of alkyl halides is 3. The highest BCUT2D eigenvalue weighted by Crippen LogP contribution is 2.38. The number of ether oxygens (including phenoxy) is 1. The Labute approximate surface area is 270 Å². The zero-order chi connectivity index (χ0) is 32.7. The van der Waals surface area contributed by atoms with Crippen molar-refractivity contribution in [3.05, 3.63) is 65.9 Å². The molecule has 250 valence electrons. The number of hydrogen-bond donors (Lipinski definition) is 2. The van der Waals surface area contributed by atoms with E-state index < -0.39 is 21.8 Å². The summed E-state index contributed by atoms with van der Waals surface area (Å²) in [4.78, 5) is 8.04. The first-order valence-electron chi connectivity index (χ1n) is 16.2. The highest BCUT2D eigenvalue weighted by Gasteiger charge is 2.35. The summed E-state index contributed by atoms with van der Waals surface area (Å²) in [6.45, 7) is -0.0143. The van der Waals surface area contributed by atoms with Gasteiger partial charge in [-0.3, -0.25) is 4.31 Å². The number of hydrogen-bond acceptors (Lipinski definition) is 7. The van der Waals surface area contributed by atoms with Crippen molar-refractivity contribution in [2.45, 2.75) is 89.5 Å². The average Bonchev–Trinajstić information content (AvgIpc) is 3.43. The minimum atomic E-state index is -4.67. The van der Waals surface area contributed by atoms with Crippen LogP contribution in [0.5, 0.6) is 5.75 Å². The van der Waals surface area contributed by atoms with Crippen LogP contribution in [0.1, 0.15) is 81.8 Å². The van der Waals surface area contributed by atoms with Crippen molar-refractivity contribution in [1.29, 1.82) is 0 Å². The van der Waals surface area contributed by atoms with Gasteiger partial charge in [-0.05, 0) is 79.5 Å². The van der Waals surface area contributed by atoms with Crippen LogP contribution in [0.25, 0.3) is 0 Å². The number of benzene rings is 2. The van der Waals surface area contributed by atoms with E-state index in [-0.39, 0.29) is 24.4 Å². The maximum Gasteiger partial charge on any atom is 0.421 e. The molecule has 0 amide bonds. The molecular weight excluding hydrogens is 615 g/mol. The molecule has 2 fully saturated rings. The van der Waals surface area contributed by atoms with Gasteiger partial charge >= 0.3 is 6.18 Å². The lowest BCUT2D eigenvalue weighted by Crippen LogP contribution is -2.24. The Bertz CT molecular complexity index is 1540. The average molecular weight is 660 g/mol. The van der Waals surface area contributed by atoms with Crippen LogP contribution in [0.3, 0.4) is 0 Å². The van der Waals surface area contributed by atoms with E-state index in [9.17, 15) is 21.6 Å². The molecular formula is C34H44F3N5O3S. The number of rotatable bonds is 10. The number of sulfonamides is 1. The highest BCUT2D eigenvalue weighted by atomic mass is 32.2. The van der Waals surface area contributed by atoms with Crippen LogP contribution in [0.2, 0.25) is 0 Å². The summed E-state index contributed by atoms with van der Waals surface area (Å²) in [5, 5.41) is 5.75. The Morgan fingerprint density at radius 2 is 1.61 bits per heavy atom. The van der Waals surface area contributed by atoms with Crippen LogP contribution in [0, 0.1) is 11.8 Å². The molecule has 0 aliphatic heterocycles. The molecule has 3 aromatic rings. The maximum atomic E-state index is 13.8. The fourth-order valence-electron chi connectivity index (χ4n) is 6.63. The Morgan fingerprint density at radius 1 is 0.913 bits per heavy atom. The molecule has 1 heterocycles. The third kappa shape index (κ3) is 9.27. The van der Waals surface area contributed by atoms with E-state index in [1.165, 1.54) is 64.8 Å². The van der Waals surface area contributed by atoms with Crippen LogP contribution in [0.15, 0.2) is 54.7 Å². The molecule has 2 N–H and O–H groups in total. The smallest absolute Gasteiger partial charge is 0.421 e. The molecule has 2 aromatic carbocycles. The summed E-state index contributed by atoms with van der Waals surface area (Å²) in [5.74, 6) is 2.07. The minimum absolute atomic E-state index is 0.00283. The first-order chi connectivity index (χ1) is 22.0. The molecule has 0 bridgehead atoms. The molecule has 8 nitrogen and oxygen atoms in total. The predicted molar refractivity (Wildman–Crippen MR) is 176 cm³/mol. The third-order valence-electron chi connectivity index (χ3n) is 9.27. The molecule has 2 aliphatic carbocycles. The van der Waals surface area contributed by atoms with Gasteiger partial charge in [0.05, 0.1) is 18.0 Å². The number of nitrogens with one attached hydrogen (secondary N) is 2. The van der Waals surface area contributed by atoms with Crippen LogP contribution in [-0.4, -0.2) is 37.8 Å². The van der Waals surface area contributed by atoms with Gasteiger partial charge in [-0.1, -0.05) is 57.1 Å². The molecule has 0 saturated heterocycles. The van der Waals surface area contributed by atoms with Crippen LogP contribution in [0.4, 0.5) is 36.3 Å². The van der Waals surface area contributed by atoms with Gasteiger partial charge in [0, 0.05) is 25.5 Å². The van der Waals surface area contributed by atoms with Crippen molar-refractivity contribution in [2.24, 2.45) is 11.8 Å². The Morgan fingerprint density at radius 3 is 2.30 bits per heavy atom. The molecule has 2 unspecified atom stereocenters. The Balaban J connectivity index is 1.20. The van der Waals surface area contributed by atoms with E-state index in [2.05, 4.69) is 20.6 Å². The van der Waals surface area contributed by atoms with Crippen molar-refractivity contribution in [1.82, 2.24) is 9.97 Å². The second-order valence-corrected chi connectivity index (χ2v) is 14.6. The lowest BCUT2D eigenvalue weighted by molar-refractivity contribution is -0.137. The lowest BCUT2D eigenvalue weighted by atomic mass is 9.81. The van der Waals surface area contributed by atoms with E-state index in [4.69, 9.17) is 4.74 Å². The first kappa shape index (κ1) is 33.8. The largest absolute Gasteiger partial charge is 0.490 e. The number of anilines is 4. The van der Waals surface area contributed by atoms with Gasteiger partial charge in [0.1, 0.15) is 17.1 Å². The zero-order valence-corrected chi connectivity index (χ0v) is 27.3. The van der Waals surface area contributed by atoms with Crippen molar-refractivity contribution >= 4 is 33.2 Å². The molecule has 5 rings (SSSR count). The summed E-state index contributed by atoms with van der Waals surface area (Å²) in [6.07, 6.45) is 11.4. The maximum absolute atomic E-state index is 13.8. The van der Waals surface area contributed by atoms with Gasteiger partial charge in [0.25, 0.3) is 0 Å². The van der Waals surface area contributed by atoms with Crippen LogP contribution < -0.4 is 19.7 Å². The Kier molecular flexibility index (Phi) is 11.0. The van der Waals surface area contributed by atoms with Gasteiger partial charge < -0.3 is 15.4 Å². The number of aromatic nitrogens is 2. The molecule has 12 heteroatoms. The molecule has 2 aliphatic rings. The molecule has 46 heavy (non-hydrogen) atoms. The van der Waals surface area contributed by atoms with E-state index in [0.29, 0.717) is 16.9 Å². The van der Waals surface area contributed by atoms with Gasteiger partial charge in [0.2, 0.25) is 16.0 Å². The second kappa shape index (κ2) is 14.9. The lowest BCUT2D eigenvalue weighted by Gasteiger charge is -2.25. The van der Waals surface area contributed by atoms with E-state index >= 15 is 0 Å². The number of nitrogens with zero attached hydrogens (tertiary/aromatic N) is 3. The number of halogens is 3. The SMILES string of the molecule is CN(c1cccc(CNc2nc(Nc3ccc(OC4CCCC(C5CCCCCC5)CC4)cc3)ncc2C(F)(F)F)c1)S(C)(=O)=O. The minimum Gasteiger partial charge on any atom is -0.490 e. The summed E-state index contributed by atoms with van der Waals surface area (Å²) in [5.41, 5.74) is 0.589. The molecule has 1 aromatic heterocycles. The van der Waals surface area contributed by atoms with E-state index in [1.807, 2.05) is 12.1 Å². The standard InChI is InChI=1S/C34H44F3N5O3S/c1-42(46(2,43)44)28-13-7-9-24(21-28)22-38-32-31(34(35,36)37)23-39-33(41-32)40-27-16-19-30(20-17-27)45-29-14-8-12-26(15-18-29)25-10-5-3-4-6-11-25/h7,9,13,16-17,19-21,23,25-26,29H,3-6,8,10-12,14-15,18,22H2,1-2H3,(H2,38,39,40,41). The first-order valence-corrected chi connectivity index (χ1v) is 18.1. The van der Waals surface area contributed by atoms with Crippen LogP contribution in [-0.2, 0) is 22.7 Å². The quantitative estimate of drug-likeness (QED) is 0.211. The van der Waals surface area contributed by atoms with Crippen LogP contribution >= 0.6 is 0 Å². The van der Waals surface area contributed by atoms with Crippen molar-refractivity contribution in [3.8, 4) is 5.75 Å². The fraction of sp³-hybridized carbons (Fsp3) is 0.529. The topological polar surface area (TPSA) is 96.4 Å². The Hall–Kier alpha value is -3.54. The van der Waals surface area contributed by atoms with Crippen molar-refractivity contribution in [3.63, 3.8) is 0 Å². The summed E-state index contributed by atoms with van der Waals surface area (Å²) < 4.78 is 72.7. The molecule has 2 saturated carbocycles. The normalized spacial score (nSPS) is 19.9. The second-order valence-electron chi connectivity index (χ2n) is 12.6. The summed E-state index contributed by atoms with van der Waals surface area (Å²) in [6, 6.07) is 13.9. The molecule has 0 spiro atoms. The summed E-state index contributed by atoms with van der Waals surface area (Å²) >= 11 is 0. The predicted octanol–water partition coefficient (Wildman–Crippen LogP) is 8.55. The van der Waals surface area contributed by atoms with Gasteiger partial charge in [-0.15, -0.1) is 0 Å². The van der Waals surface area contributed by atoms with E-state index in [0.717, 1.165) is 47.2 Å². The van der Waals surface area contributed by atoms with E-state index in [1.54, 1.807) is 36.4 Å². The van der Waals surface area contributed by atoms with Gasteiger partial charge in [-0.25, -0.2) is 13.4 Å². The molecule has 0 radical (unpaired) electrons.